The minimum absolute atomic E-state index is 0.264. The number of carbonyl (C=O) groups is 3. The summed E-state index contributed by atoms with van der Waals surface area (Å²) in [6, 6.07) is -0.278. The van der Waals surface area contributed by atoms with Crippen molar-refractivity contribution in [2.45, 2.75) is 33.2 Å². The summed E-state index contributed by atoms with van der Waals surface area (Å²) in [6.07, 6.45) is 6.09. The van der Waals surface area contributed by atoms with Gasteiger partial charge in [-0.3, -0.25) is 14.4 Å². The van der Waals surface area contributed by atoms with Gasteiger partial charge in [0.25, 0.3) is 5.91 Å². The fourth-order valence-corrected chi connectivity index (χ4v) is 2.34. The van der Waals surface area contributed by atoms with E-state index in [1.54, 1.807) is 6.08 Å². The second-order valence-corrected chi connectivity index (χ2v) is 4.27. The molecule has 1 fully saturated rings. The Morgan fingerprint density at radius 2 is 1.78 bits per heavy atom. The van der Waals surface area contributed by atoms with Gasteiger partial charge in [-0.25, -0.2) is 10.0 Å². The van der Waals surface area contributed by atoms with Gasteiger partial charge in [0.2, 0.25) is 11.8 Å². The van der Waals surface area contributed by atoms with Crippen molar-refractivity contribution in [1.29, 1.82) is 0 Å². The van der Waals surface area contributed by atoms with Gasteiger partial charge in [0.15, 0.2) is 0 Å². The number of rotatable bonds is 0. The molecule has 2 aliphatic rings. The average Bonchev–Trinajstić information content (AvgIpc) is 2.63. The number of amides is 3. The van der Waals surface area contributed by atoms with E-state index in [0.29, 0.717) is 12.1 Å². The van der Waals surface area contributed by atoms with E-state index in [1.807, 2.05) is 12.2 Å². The average molecular weight is 249 g/mol. The summed E-state index contributed by atoms with van der Waals surface area (Å²) in [4.78, 5) is 35.1. The molecule has 0 spiro atoms. The third kappa shape index (κ3) is 1.70. The van der Waals surface area contributed by atoms with Crippen molar-refractivity contribution in [3.63, 3.8) is 0 Å². The van der Waals surface area contributed by atoms with Crippen LogP contribution >= 0.6 is 0 Å². The Labute approximate surface area is 105 Å². The molecule has 1 heterocycles. The third-order valence-electron chi connectivity index (χ3n) is 2.94. The summed E-state index contributed by atoms with van der Waals surface area (Å²) in [7, 11) is 0. The molecule has 3 amide bonds. The molecule has 0 bridgehead atoms. The number of hydrogen-bond donors (Lipinski definition) is 0. The number of nitrogens with zero attached hydrogens (tertiary/aromatic N) is 3. The summed E-state index contributed by atoms with van der Waals surface area (Å²) >= 11 is 0. The lowest BCUT2D eigenvalue weighted by molar-refractivity contribution is -0.185. The second kappa shape index (κ2) is 4.29. The number of hydrazine groups is 2. The summed E-state index contributed by atoms with van der Waals surface area (Å²) < 4.78 is 0. The van der Waals surface area contributed by atoms with Crippen LogP contribution in [-0.2, 0) is 14.4 Å². The van der Waals surface area contributed by atoms with Crippen molar-refractivity contribution >= 4 is 17.7 Å². The Balaban J connectivity index is 2.52. The van der Waals surface area contributed by atoms with Gasteiger partial charge in [0, 0.05) is 20.8 Å². The molecule has 1 atom stereocenters. The molecule has 0 radical (unpaired) electrons. The zero-order valence-electron chi connectivity index (χ0n) is 10.6. The topological polar surface area (TPSA) is 60.9 Å². The molecule has 1 unspecified atom stereocenters. The monoisotopic (exact) mass is 249 g/mol. The first kappa shape index (κ1) is 12.3. The van der Waals surface area contributed by atoms with Gasteiger partial charge in [0.05, 0.1) is 5.70 Å². The predicted octanol–water partition coefficient (Wildman–Crippen LogP) is 0.588. The standard InChI is InChI=1S/C12H15N3O3/c1-8(16)13-11-6-4-5-7-12(11)14(9(2)17)15(13)10(3)18/h4-6,12H,7H2,1-3H3. The normalized spacial score (nSPS) is 21.8. The van der Waals surface area contributed by atoms with Gasteiger partial charge in [-0.1, -0.05) is 12.2 Å². The fraction of sp³-hybridized carbons (Fsp3) is 0.417. The molecule has 0 N–H and O–H groups in total. The second-order valence-electron chi connectivity index (χ2n) is 4.27. The van der Waals surface area contributed by atoms with Gasteiger partial charge in [0.1, 0.15) is 6.04 Å². The minimum atomic E-state index is -0.365. The van der Waals surface area contributed by atoms with Crippen LogP contribution in [0.15, 0.2) is 23.9 Å². The van der Waals surface area contributed by atoms with Gasteiger partial charge in [-0.05, 0) is 12.5 Å². The van der Waals surface area contributed by atoms with Crippen LogP contribution in [-0.4, -0.2) is 38.9 Å². The minimum Gasteiger partial charge on any atom is -0.273 e. The highest BCUT2D eigenvalue weighted by Crippen LogP contribution is 2.33. The Morgan fingerprint density at radius 3 is 2.28 bits per heavy atom. The van der Waals surface area contributed by atoms with Crippen molar-refractivity contribution in [2.75, 3.05) is 0 Å². The molecule has 0 aromatic heterocycles. The highest BCUT2D eigenvalue weighted by molar-refractivity contribution is 5.86. The summed E-state index contributed by atoms with van der Waals surface area (Å²) in [5, 5.41) is 3.71. The molecular weight excluding hydrogens is 234 g/mol. The fourth-order valence-electron chi connectivity index (χ4n) is 2.34. The van der Waals surface area contributed by atoms with E-state index in [9.17, 15) is 14.4 Å². The maximum atomic E-state index is 11.7. The van der Waals surface area contributed by atoms with E-state index in [4.69, 9.17) is 0 Å². The number of hydrogen-bond acceptors (Lipinski definition) is 3. The van der Waals surface area contributed by atoms with Crippen molar-refractivity contribution in [3.8, 4) is 0 Å². The van der Waals surface area contributed by atoms with Crippen molar-refractivity contribution in [1.82, 2.24) is 15.1 Å². The lowest BCUT2D eigenvalue weighted by Crippen LogP contribution is -2.51. The molecule has 1 aliphatic carbocycles. The van der Waals surface area contributed by atoms with E-state index in [0.717, 1.165) is 5.12 Å². The first-order valence-corrected chi connectivity index (χ1v) is 5.73. The predicted molar refractivity (Wildman–Crippen MR) is 63.2 cm³/mol. The molecule has 0 saturated carbocycles. The lowest BCUT2D eigenvalue weighted by atomic mass is 10.0. The van der Waals surface area contributed by atoms with E-state index >= 15 is 0 Å². The van der Waals surface area contributed by atoms with Crippen LogP contribution in [0.2, 0.25) is 0 Å². The Kier molecular flexibility index (Phi) is 2.94. The van der Waals surface area contributed by atoms with Gasteiger partial charge < -0.3 is 0 Å². The zero-order valence-corrected chi connectivity index (χ0v) is 10.6. The Hall–Kier alpha value is -2.11. The molecule has 1 saturated heterocycles. The van der Waals surface area contributed by atoms with Crippen LogP contribution < -0.4 is 0 Å². The quantitative estimate of drug-likeness (QED) is 0.631. The highest BCUT2D eigenvalue weighted by atomic mass is 16.2. The van der Waals surface area contributed by atoms with Crippen LogP contribution in [0.5, 0.6) is 0 Å². The van der Waals surface area contributed by atoms with Crippen LogP contribution in [0.4, 0.5) is 0 Å². The van der Waals surface area contributed by atoms with E-state index in [1.165, 1.54) is 30.8 Å². The molecule has 96 valence electrons. The smallest absolute Gasteiger partial charge is 0.258 e. The van der Waals surface area contributed by atoms with Crippen LogP contribution in [0.25, 0.3) is 0 Å². The van der Waals surface area contributed by atoms with E-state index < -0.39 is 0 Å². The molecule has 6 nitrogen and oxygen atoms in total. The molecule has 1 aliphatic heterocycles. The first-order valence-electron chi connectivity index (χ1n) is 5.73. The van der Waals surface area contributed by atoms with Crippen molar-refractivity contribution in [3.05, 3.63) is 23.9 Å². The molecule has 6 heteroatoms. The van der Waals surface area contributed by atoms with Crippen LogP contribution in [0.1, 0.15) is 27.2 Å². The van der Waals surface area contributed by atoms with Gasteiger partial charge in [-0.2, -0.15) is 0 Å². The largest absolute Gasteiger partial charge is 0.273 e. The SMILES string of the molecule is CC(=O)N1C2=CC=CCC2N(C(C)=O)N1C(C)=O. The molecule has 2 rings (SSSR count). The maximum absolute atomic E-state index is 11.7. The van der Waals surface area contributed by atoms with Crippen LogP contribution in [0, 0.1) is 0 Å². The number of allylic oxidation sites excluding steroid dienone is 2. The summed E-state index contributed by atoms with van der Waals surface area (Å²) in [5.74, 6) is -0.920. The van der Waals surface area contributed by atoms with E-state index in [2.05, 4.69) is 0 Å². The number of fused-ring (bicyclic) bond motifs is 1. The molecule has 18 heavy (non-hydrogen) atoms. The number of carbonyl (C=O) groups excluding carboxylic acids is 3. The Bertz CT molecular complexity index is 481. The van der Waals surface area contributed by atoms with E-state index in [-0.39, 0.29) is 23.8 Å². The lowest BCUT2D eigenvalue weighted by Gasteiger charge is -2.31. The first-order chi connectivity index (χ1) is 8.45. The van der Waals surface area contributed by atoms with Gasteiger partial charge >= 0.3 is 0 Å². The highest BCUT2D eigenvalue weighted by Gasteiger charge is 2.46. The Morgan fingerprint density at radius 1 is 1.11 bits per heavy atom. The zero-order chi connectivity index (χ0) is 13.4. The molecule has 0 aromatic rings. The van der Waals surface area contributed by atoms with Crippen LogP contribution in [0.3, 0.4) is 0 Å². The van der Waals surface area contributed by atoms with Crippen molar-refractivity contribution < 1.29 is 14.4 Å². The third-order valence-corrected chi connectivity index (χ3v) is 2.94. The summed E-state index contributed by atoms with van der Waals surface area (Å²) in [5.41, 5.74) is 0.662. The maximum Gasteiger partial charge on any atom is 0.258 e. The van der Waals surface area contributed by atoms with Crippen molar-refractivity contribution in [2.24, 2.45) is 0 Å². The summed E-state index contributed by atoms with van der Waals surface area (Å²) in [6.45, 7) is 4.09. The van der Waals surface area contributed by atoms with Gasteiger partial charge in [-0.15, -0.1) is 5.12 Å². The molecular formula is C12H15N3O3. The molecule has 0 aromatic carbocycles.